The van der Waals surface area contributed by atoms with E-state index in [2.05, 4.69) is 33.4 Å². The molecular weight excluding hydrogens is 477 g/mol. The second-order valence-electron chi connectivity index (χ2n) is 8.69. The summed E-state index contributed by atoms with van der Waals surface area (Å²) >= 11 is 0. The van der Waals surface area contributed by atoms with Crippen molar-refractivity contribution >= 4 is 19.7 Å². The molecule has 0 bridgehead atoms. The number of unbranched alkanes of at least 4 members (excludes halogenated alkanes) is 11. The van der Waals surface area contributed by atoms with Gasteiger partial charge in [-0.3, -0.25) is 13.8 Å². The van der Waals surface area contributed by atoms with Crippen molar-refractivity contribution in [2.24, 2.45) is 0 Å². The van der Waals surface area contributed by atoms with Crippen LogP contribution in [0.4, 0.5) is 0 Å². The van der Waals surface area contributed by atoms with Gasteiger partial charge in [-0.25, -0.2) is 9.36 Å². The highest BCUT2D eigenvalue weighted by molar-refractivity contribution is 7.47. The second kappa shape index (κ2) is 21.9. The zero-order chi connectivity index (χ0) is 26.4. The van der Waals surface area contributed by atoms with Crippen LogP contribution in [0.2, 0.25) is 0 Å². The van der Waals surface area contributed by atoms with E-state index in [1.807, 2.05) is 0 Å². The Morgan fingerprint density at radius 3 is 1.94 bits per heavy atom. The molecule has 10 nitrogen and oxygen atoms in total. The predicted molar refractivity (Wildman–Crippen MR) is 134 cm³/mol. The fraction of sp³-hybridized carbons (Fsp3) is 0.833. The lowest BCUT2D eigenvalue weighted by molar-refractivity contribution is -0.142. The number of nitrogens with one attached hydrogen (secondary N) is 1. The first-order valence-corrected chi connectivity index (χ1v) is 14.3. The van der Waals surface area contributed by atoms with Crippen molar-refractivity contribution in [1.29, 1.82) is 0 Å². The van der Waals surface area contributed by atoms with E-state index in [9.17, 15) is 24.2 Å². The second-order valence-corrected chi connectivity index (χ2v) is 10.1. The third kappa shape index (κ3) is 21.7. The molecule has 0 aliphatic rings. The number of phosphoric ester groups is 1. The van der Waals surface area contributed by atoms with E-state index in [1.54, 1.807) is 0 Å². The Balaban J connectivity index is 3.86. The number of hydrogen-bond donors (Lipinski definition) is 5. The van der Waals surface area contributed by atoms with Crippen LogP contribution in [-0.2, 0) is 23.2 Å². The molecule has 3 atom stereocenters. The fourth-order valence-electron chi connectivity index (χ4n) is 3.24. The molecule has 0 aromatic heterocycles. The van der Waals surface area contributed by atoms with Crippen LogP contribution >= 0.6 is 7.82 Å². The number of hydrogen-bond acceptors (Lipinski definition) is 7. The van der Waals surface area contributed by atoms with Gasteiger partial charge in [0.05, 0.1) is 19.8 Å². The number of carbonyl (C=O) groups excluding carboxylic acids is 1. The van der Waals surface area contributed by atoms with E-state index >= 15 is 0 Å². The Morgan fingerprint density at radius 2 is 1.40 bits per heavy atom. The molecule has 0 spiro atoms. The molecule has 0 saturated carbocycles. The molecule has 0 aromatic carbocycles. The van der Waals surface area contributed by atoms with Crippen molar-refractivity contribution in [1.82, 2.24) is 5.32 Å². The highest BCUT2D eigenvalue weighted by atomic mass is 31.2. The lowest BCUT2D eigenvalue weighted by atomic mass is 10.1. The van der Waals surface area contributed by atoms with Crippen molar-refractivity contribution in [3.05, 3.63) is 12.2 Å². The molecule has 0 aliphatic carbocycles. The molecule has 0 rings (SSSR count). The largest absolute Gasteiger partial charge is 0.480 e. The number of carbonyl (C=O) groups is 2. The maximum atomic E-state index is 12.0. The van der Waals surface area contributed by atoms with Gasteiger partial charge in [0, 0.05) is 6.42 Å². The third-order valence-electron chi connectivity index (χ3n) is 5.34. The lowest BCUT2D eigenvalue weighted by Gasteiger charge is -2.18. The van der Waals surface area contributed by atoms with Gasteiger partial charge in [0.2, 0.25) is 5.91 Å². The summed E-state index contributed by atoms with van der Waals surface area (Å²) in [4.78, 5) is 32.8. The van der Waals surface area contributed by atoms with Crippen LogP contribution in [0, 0.1) is 0 Å². The topological polar surface area (TPSA) is 163 Å². The lowest BCUT2D eigenvalue weighted by Crippen LogP contribution is -2.43. The van der Waals surface area contributed by atoms with Gasteiger partial charge in [-0.2, -0.15) is 0 Å². The van der Waals surface area contributed by atoms with Gasteiger partial charge >= 0.3 is 13.8 Å². The Bertz CT molecular complexity index is 630. The molecular formula is C24H46NO9P. The number of aliphatic hydroxyl groups excluding tert-OH is 2. The van der Waals surface area contributed by atoms with Crippen LogP contribution in [0.5, 0.6) is 0 Å². The summed E-state index contributed by atoms with van der Waals surface area (Å²) in [5, 5.41) is 29.2. The SMILES string of the molecule is CCCCCCCC/C=C\CCCCCCCC(=O)NC(COP(=O)(O)OCC(O)CO)C(=O)O. The van der Waals surface area contributed by atoms with Crippen molar-refractivity contribution in [3.8, 4) is 0 Å². The average molecular weight is 524 g/mol. The first-order chi connectivity index (χ1) is 16.7. The molecule has 5 N–H and O–H groups in total. The number of rotatable bonds is 24. The Labute approximate surface area is 209 Å². The zero-order valence-electron chi connectivity index (χ0n) is 21.1. The number of aliphatic carboxylic acids is 1. The fourth-order valence-corrected chi connectivity index (χ4v) is 4.01. The minimum Gasteiger partial charge on any atom is -0.480 e. The minimum absolute atomic E-state index is 0.151. The number of phosphoric acid groups is 1. The summed E-state index contributed by atoms with van der Waals surface area (Å²) in [6.07, 6.45) is 18.0. The highest BCUT2D eigenvalue weighted by Gasteiger charge is 2.28. The van der Waals surface area contributed by atoms with E-state index in [-0.39, 0.29) is 6.42 Å². The first-order valence-electron chi connectivity index (χ1n) is 12.8. The van der Waals surface area contributed by atoms with Crippen molar-refractivity contribution in [2.75, 3.05) is 19.8 Å². The van der Waals surface area contributed by atoms with E-state index in [0.717, 1.165) is 38.5 Å². The molecule has 11 heteroatoms. The quantitative estimate of drug-likeness (QED) is 0.0712. The maximum Gasteiger partial charge on any atom is 0.472 e. The summed E-state index contributed by atoms with van der Waals surface area (Å²) in [7, 11) is -4.64. The molecule has 206 valence electrons. The standard InChI is InChI=1S/C24H46NO9P/c1-2-3-4-5-6-7-8-9-10-11-12-13-14-15-16-17-23(28)25-22(24(29)30)20-34-35(31,32)33-19-21(27)18-26/h9-10,21-22,26-27H,2-8,11-20H2,1H3,(H,25,28)(H,29,30)(H,31,32)/b10-9-. The summed E-state index contributed by atoms with van der Waals surface area (Å²) in [6.45, 7) is 0.106. The van der Waals surface area contributed by atoms with Gasteiger partial charge in [0.1, 0.15) is 6.10 Å². The Morgan fingerprint density at radius 1 is 0.886 bits per heavy atom. The smallest absolute Gasteiger partial charge is 0.472 e. The van der Waals surface area contributed by atoms with E-state index < -0.39 is 51.7 Å². The Hall–Kier alpha value is -1.29. The van der Waals surface area contributed by atoms with Gasteiger partial charge in [0.15, 0.2) is 6.04 Å². The first kappa shape index (κ1) is 33.7. The van der Waals surface area contributed by atoms with E-state index in [1.165, 1.54) is 38.5 Å². The van der Waals surface area contributed by atoms with Gasteiger partial charge in [0.25, 0.3) is 0 Å². The summed E-state index contributed by atoms with van der Waals surface area (Å²) in [5.74, 6) is -1.90. The van der Waals surface area contributed by atoms with Crippen molar-refractivity contribution in [2.45, 2.75) is 109 Å². The maximum absolute atomic E-state index is 12.0. The molecule has 0 saturated heterocycles. The minimum atomic E-state index is -4.64. The van der Waals surface area contributed by atoms with Crippen LogP contribution in [-0.4, -0.2) is 64.1 Å². The molecule has 1 amide bonds. The zero-order valence-corrected chi connectivity index (χ0v) is 22.0. The van der Waals surface area contributed by atoms with Gasteiger partial charge in [-0.15, -0.1) is 0 Å². The third-order valence-corrected chi connectivity index (χ3v) is 6.29. The monoisotopic (exact) mass is 523 g/mol. The Kier molecular flexibility index (Phi) is 21.1. The van der Waals surface area contributed by atoms with Crippen molar-refractivity contribution in [3.63, 3.8) is 0 Å². The summed E-state index contributed by atoms with van der Waals surface area (Å²) < 4.78 is 20.7. The average Bonchev–Trinajstić information content (AvgIpc) is 2.82. The normalized spacial score (nSPS) is 15.1. The number of amides is 1. The van der Waals surface area contributed by atoms with Gasteiger partial charge in [-0.05, 0) is 32.1 Å². The van der Waals surface area contributed by atoms with Crippen LogP contribution < -0.4 is 5.32 Å². The van der Waals surface area contributed by atoms with Crippen molar-refractivity contribution < 1.29 is 43.4 Å². The van der Waals surface area contributed by atoms with Crippen LogP contribution in [0.3, 0.4) is 0 Å². The number of aliphatic hydroxyl groups is 2. The van der Waals surface area contributed by atoms with E-state index in [4.69, 9.17) is 10.2 Å². The summed E-state index contributed by atoms with van der Waals surface area (Å²) in [5.41, 5.74) is 0. The molecule has 0 heterocycles. The van der Waals surface area contributed by atoms with Crippen LogP contribution in [0.25, 0.3) is 0 Å². The number of carboxylic acids is 1. The summed E-state index contributed by atoms with van der Waals surface area (Å²) in [6, 6.07) is -1.52. The number of allylic oxidation sites excluding steroid dienone is 2. The predicted octanol–water partition coefficient (Wildman–Crippen LogP) is 4.08. The van der Waals surface area contributed by atoms with Gasteiger partial charge < -0.3 is 25.5 Å². The molecule has 0 aromatic rings. The van der Waals surface area contributed by atoms with E-state index in [0.29, 0.717) is 6.42 Å². The molecule has 35 heavy (non-hydrogen) atoms. The molecule has 0 radical (unpaired) electrons. The van der Waals surface area contributed by atoms with Crippen LogP contribution in [0.1, 0.15) is 96.8 Å². The molecule has 3 unspecified atom stereocenters. The molecule has 0 aliphatic heterocycles. The molecule has 0 fully saturated rings. The van der Waals surface area contributed by atoms with Crippen LogP contribution in [0.15, 0.2) is 12.2 Å². The highest BCUT2D eigenvalue weighted by Crippen LogP contribution is 2.43. The number of carboxylic acid groups (broad SMARTS) is 1. The van der Waals surface area contributed by atoms with Gasteiger partial charge in [-0.1, -0.05) is 70.4 Å².